The maximum Gasteiger partial charge on any atom is 0.310 e. The molecular formula is C23H25NO5. The number of rotatable bonds is 8. The van der Waals surface area contributed by atoms with Crippen LogP contribution in [0.4, 0.5) is 0 Å². The second-order valence-corrected chi connectivity index (χ2v) is 6.89. The van der Waals surface area contributed by atoms with Gasteiger partial charge in [-0.15, -0.1) is 0 Å². The zero-order valence-electron chi connectivity index (χ0n) is 16.9. The molecule has 29 heavy (non-hydrogen) atoms. The molecule has 152 valence electrons. The van der Waals surface area contributed by atoms with Gasteiger partial charge in [0.1, 0.15) is 11.3 Å². The Kier molecular flexibility index (Phi) is 6.54. The largest absolute Gasteiger partial charge is 0.496 e. The molecule has 0 saturated carbocycles. The highest BCUT2D eigenvalue weighted by atomic mass is 16.5. The van der Waals surface area contributed by atoms with Crippen molar-refractivity contribution in [2.75, 3.05) is 20.3 Å². The lowest BCUT2D eigenvalue weighted by Gasteiger charge is -2.09. The van der Waals surface area contributed by atoms with Gasteiger partial charge in [-0.25, -0.2) is 0 Å². The van der Waals surface area contributed by atoms with Crippen LogP contribution in [-0.2, 0) is 27.2 Å². The van der Waals surface area contributed by atoms with Crippen LogP contribution in [0.15, 0.2) is 47.1 Å². The molecule has 2 aromatic carbocycles. The lowest BCUT2D eigenvalue weighted by atomic mass is 10.0. The van der Waals surface area contributed by atoms with E-state index >= 15 is 0 Å². The number of hydrogen-bond donors (Lipinski definition) is 1. The van der Waals surface area contributed by atoms with Gasteiger partial charge in [-0.2, -0.15) is 0 Å². The van der Waals surface area contributed by atoms with Crippen molar-refractivity contribution in [3.05, 3.63) is 64.9 Å². The third-order valence-corrected chi connectivity index (χ3v) is 4.95. The Morgan fingerprint density at radius 1 is 1.07 bits per heavy atom. The van der Waals surface area contributed by atoms with Crippen molar-refractivity contribution in [3.8, 4) is 5.75 Å². The van der Waals surface area contributed by atoms with Crippen molar-refractivity contribution in [1.82, 2.24) is 5.32 Å². The summed E-state index contributed by atoms with van der Waals surface area (Å²) in [6.45, 7) is 4.12. The minimum absolute atomic E-state index is 0.0595. The number of amides is 1. The van der Waals surface area contributed by atoms with Gasteiger partial charge < -0.3 is 19.2 Å². The number of methoxy groups -OCH3 is 1. The van der Waals surface area contributed by atoms with E-state index in [0.29, 0.717) is 13.0 Å². The topological polar surface area (TPSA) is 77.8 Å². The fraction of sp³-hybridized carbons (Fsp3) is 0.304. The Morgan fingerprint density at radius 2 is 1.86 bits per heavy atom. The third-order valence-electron chi connectivity index (χ3n) is 4.95. The standard InChI is InChI=1S/C23H25NO5/c1-15-8-9-19-18(13-29-23(19)16(15)2)12-22(26)28-14-21(25)24-11-10-17-6-4-5-7-20(17)27-3/h4-9,13H,10-12,14H2,1-3H3,(H,24,25). The maximum absolute atomic E-state index is 12.1. The van der Waals surface area contributed by atoms with E-state index in [1.54, 1.807) is 13.4 Å². The van der Waals surface area contributed by atoms with E-state index in [1.165, 1.54) is 0 Å². The van der Waals surface area contributed by atoms with Gasteiger partial charge in [0.05, 0.1) is 19.8 Å². The van der Waals surface area contributed by atoms with Crippen LogP contribution < -0.4 is 10.1 Å². The number of esters is 1. The van der Waals surface area contributed by atoms with Crippen LogP contribution in [0, 0.1) is 13.8 Å². The number of carbonyl (C=O) groups excluding carboxylic acids is 2. The molecule has 1 N–H and O–H groups in total. The number of para-hydroxylation sites is 1. The lowest BCUT2D eigenvalue weighted by molar-refractivity contribution is -0.147. The van der Waals surface area contributed by atoms with Crippen LogP contribution >= 0.6 is 0 Å². The van der Waals surface area contributed by atoms with E-state index in [2.05, 4.69) is 5.32 Å². The molecule has 1 aromatic heterocycles. The molecule has 0 radical (unpaired) electrons. The molecule has 0 bridgehead atoms. The minimum atomic E-state index is -0.467. The van der Waals surface area contributed by atoms with E-state index in [9.17, 15) is 9.59 Å². The third kappa shape index (κ3) is 4.96. The molecule has 0 aliphatic heterocycles. The van der Waals surface area contributed by atoms with Gasteiger partial charge in [-0.05, 0) is 43.0 Å². The van der Waals surface area contributed by atoms with E-state index in [0.717, 1.165) is 39.0 Å². The molecule has 0 atom stereocenters. The second-order valence-electron chi connectivity index (χ2n) is 6.89. The summed E-state index contributed by atoms with van der Waals surface area (Å²) in [4.78, 5) is 24.1. The Bertz CT molecular complexity index is 1020. The highest BCUT2D eigenvalue weighted by Gasteiger charge is 2.14. The van der Waals surface area contributed by atoms with Crippen LogP contribution in [0.25, 0.3) is 11.0 Å². The molecule has 0 saturated heterocycles. The van der Waals surface area contributed by atoms with Crippen molar-refractivity contribution >= 4 is 22.8 Å². The van der Waals surface area contributed by atoms with Crippen molar-refractivity contribution in [2.24, 2.45) is 0 Å². The van der Waals surface area contributed by atoms with Crippen LogP contribution in [0.3, 0.4) is 0 Å². The molecule has 0 spiro atoms. The highest BCUT2D eigenvalue weighted by Crippen LogP contribution is 2.26. The number of fused-ring (bicyclic) bond motifs is 1. The average Bonchev–Trinajstić information content (AvgIpc) is 3.13. The smallest absolute Gasteiger partial charge is 0.310 e. The van der Waals surface area contributed by atoms with E-state index in [-0.39, 0.29) is 18.9 Å². The molecule has 6 nitrogen and oxygen atoms in total. The summed E-state index contributed by atoms with van der Waals surface area (Å²) in [6.07, 6.45) is 2.26. The SMILES string of the molecule is COc1ccccc1CCNC(=O)COC(=O)Cc1coc2c(C)c(C)ccc12. The number of carbonyl (C=O) groups is 2. The molecule has 3 rings (SSSR count). The quantitative estimate of drug-likeness (QED) is 0.591. The van der Waals surface area contributed by atoms with Gasteiger partial charge in [-0.1, -0.05) is 30.3 Å². The summed E-state index contributed by atoms with van der Waals surface area (Å²) in [5.74, 6) is -0.0199. The molecule has 1 heterocycles. The molecule has 0 aliphatic carbocycles. The maximum atomic E-state index is 12.1. The Hall–Kier alpha value is -3.28. The zero-order chi connectivity index (χ0) is 20.8. The van der Waals surface area contributed by atoms with Crippen LogP contribution in [-0.4, -0.2) is 32.1 Å². The minimum Gasteiger partial charge on any atom is -0.496 e. The van der Waals surface area contributed by atoms with Gasteiger partial charge in [0, 0.05) is 17.5 Å². The lowest BCUT2D eigenvalue weighted by Crippen LogP contribution is -2.30. The van der Waals surface area contributed by atoms with Crippen LogP contribution in [0.1, 0.15) is 22.3 Å². The zero-order valence-corrected chi connectivity index (χ0v) is 16.9. The second kappa shape index (κ2) is 9.28. The molecule has 0 unspecified atom stereocenters. The summed E-state index contributed by atoms with van der Waals surface area (Å²) in [5.41, 5.74) is 4.72. The molecule has 6 heteroatoms. The first-order valence-corrected chi connectivity index (χ1v) is 9.50. The summed E-state index contributed by atoms with van der Waals surface area (Å²) in [6, 6.07) is 11.6. The Balaban J connectivity index is 1.46. The Labute approximate surface area is 169 Å². The molecule has 0 aliphatic rings. The number of nitrogens with one attached hydrogen (secondary N) is 1. The van der Waals surface area contributed by atoms with Gasteiger partial charge in [-0.3, -0.25) is 9.59 Å². The summed E-state index contributed by atoms with van der Waals surface area (Å²) in [7, 11) is 1.61. The predicted octanol–water partition coefficient (Wildman–Crippen LogP) is 3.50. The average molecular weight is 395 g/mol. The first-order chi connectivity index (χ1) is 14.0. The van der Waals surface area contributed by atoms with E-state index < -0.39 is 5.97 Å². The number of aryl methyl sites for hydroxylation is 2. The number of furan rings is 1. The molecule has 3 aromatic rings. The summed E-state index contributed by atoms with van der Waals surface area (Å²) < 4.78 is 16.0. The van der Waals surface area contributed by atoms with E-state index in [4.69, 9.17) is 13.9 Å². The van der Waals surface area contributed by atoms with Crippen molar-refractivity contribution in [1.29, 1.82) is 0 Å². The summed E-state index contributed by atoms with van der Waals surface area (Å²) in [5, 5.41) is 3.64. The Morgan fingerprint density at radius 3 is 2.66 bits per heavy atom. The molecule has 0 fully saturated rings. The fourth-order valence-corrected chi connectivity index (χ4v) is 3.17. The van der Waals surface area contributed by atoms with Gasteiger partial charge in [0.2, 0.25) is 0 Å². The van der Waals surface area contributed by atoms with Gasteiger partial charge in [0.15, 0.2) is 6.61 Å². The summed E-state index contributed by atoms with van der Waals surface area (Å²) >= 11 is 0. The number of ether oxygens (including phenoxy) is 2. The fourth-order valence-electron chi connectivity index (χ4n) is 3.17. The van der Waals surface area contributed by atoms with Crippen molar-refractivity contribution in [2.45, 2.75) is 26.7 Å². The highest BCUT2D eigenvalue weighted by molar-refractivity contribution is 5.89. The van der Waals surface area contributed by atoms with Crippen molar-refractivity contribution < 1.29 is 23.5 Å². The first-order valence-electron chi connectivity index (χ1n) is 9.50. The van der Waals surface area contributed by atoms with Crippen molar-refractivity contribution in [3.63, 3.8) is 0 Å². The molecule has 1 amide bonds. The van der Waals surface area contributed by atoms with Gasteiger partial charge >= 0.3 is 5.97 Å². The predicted molar refractivity (Wildman–Crippen MR) is 110 cm³/mol. The van der Waals surface area contributed by atoms with Crippen LogP contribution in [0.2, 0.25) is 0 Å². The number of benzene rings is 2. The number of hydrogen-bond acceptors (Lipinski definition) is 5. The van der Waals surface area contributed by atoms with Gasteiger partial charge in [0.25, 0.3) is 5.91 Å². The van der Waals surface area contributed by atoms with Crippen LogP contribution in [0.5, 0.6) is 5.75 Å². The first kappa shape index (κ1) is 20.5. The molecular weight excluding hydrogens is 370 g/mol. The van der Waals surface area contributed by atoms with E-state index in [1.807, 2.05) is 50.2 Å². The monoisotopic (exact) mass is 395 g/mol. The normalized spacial score (nSPS) is 10.7.